The summed E-state index contributed by atoms with van der Waals surface area (Å²) < 4.78 is 5.18. The van der Waals surface area contributed by atoms with Gasteiger partial charge in [-0.25, -0.2) is 4.79 Å². The molecule has 2 N–H and O–H groups in total. The fraction of sp³-hybridized carbons (Fsp3) is 0.667. The largest absolute Gasteiger partial charge is 0.381 e. The third-order valence-corrected chi connectivity index (χ3v) is 1.88. The highest BCUT2D eigenvalue weighted by Gasteiger charge is 2.05. The number of hydrogen-bond donors (Lipinski definition) is 2. The first-order chi connectivity index (χ1) is 6.33. The van der Waals surface area contributed by atoms with Crippen molar-refractivity contribution in [1.29, 1.82) is 0 Å². The standard InChI is InChI=1S/C9H16N2O2/c1-2-10-9(12)11-7-8-3-5-13-6-4-8/h7H,2-6H2,1H3,(H2,10,11,12). The topological polar surface area (TPSA) is 50.4 Å². The molecular formula is C9H16N2O2. The van der Waals surface area contributed by atoms with Gasteiger partial charge in [-0.3, -0.25) is 0 Å². The lowest BCUT2D eigenvalue weighted by Crippen LogP contribution is -2.32. The second-order valence-corrected chi connectivity index (χ2v) is 2.92. The van der Waals surface area contributed by atoms with E-state index in [0.717, 1.165) is 26.1 Å². The lowest BCUT2D eigenvalue weighted by atomic mass is 10.1. The van der Waals surface area contributed by atoms with Crippen molar-refractivity contribution in [2.75, 3.05) is 19.8 Å². The molecule has 4 heteroatoms. The minimum Gasteiger partial charge on any atom is -0.381 e. The Kier molecular flexibility index (Phi) is 4.32. The molecular weight excluding hydrogens is 168 g/mol. The first kappa shape index (κ1) is 10.1. The summed E-state index contributed by atoms with van der Waals surface area (Å²) in [5, 5.41) is 5.34. The molecule has 1 aliphatic rings. The summed E-state index contributed by atoms with van der Waals surface area (Å²) in [7, 11) is 0. The molecule has 1 aliphatic heterocycles. The third-order valence-electron chi connectivity index (χ3n) is 1.88. The van der Waals surface area contributed by atoms with Crippen LogP contribution in [0.25, 0.3) is 0 Å². The summed E-state index contributed by atoms with van der Waals surface area (Å²) in [6, 6.07) is -0.138. The number of carbonyl (C=O) groups excluding carboxylic acids is 1. The maximum absolute atomic E-state index is 11.0. The number of rotatable bonds is 2. The van der Waals surface area contributed by atoms with Crippen molar-refractivity contribution in [1.82, 2.24) is 10.6 Å². The number of amides is 2. The lowest BCUT2D eigenvalue weighted by Gasteiger charge is -2.14. The van der Waals surface area contributed by atoms with E-state index in [1.807, 2.05) is 6.92 Å². The van der Waals surface area contributed by atoms with Gasteiger partial charge >= 0.3 is 6.03 Å². The van der Waals surface area contributed by atoms with Gasteiger partial charge in [0.1, 0.15) is 0 Å². The molecule has 1 saturated heterocycles. The molecule has 0 saturated carbocycles. The summed E-state index contributed by atoms with van der Waals surface area (Å²) in [6.45, 7) is 4.07. The van der Waals surface area contributed by atoms with Gasteiger partial charge in [-0.1, -0.05) is 0 Å². The van der Waals surface area contributed by atoms with Crippen LogP contribution in [0.5, 0.6) is 0 Å². The van der Waals surface area contributed by atoms with Gasteiger partial charge in [-0.15, -0.1) is 0 Å². The summed E-state index contributed by atoms with van der Waals surface area (Å²) in [5.74, 6) is 0. The molecule has 0 aromatic heterocycles. The Hall–Kier alpha value is -1.03. The van der Waals surface area contributed by atoms with E-state index in [0.29, 0.717) is 6.54 Å². The maximum atomic E-state index is 11.0. The highest BCUT2D eigenvalue weighted by molar-refractivity contribution is 5.74. The van der Waals surface area contributed by atoms with Crippen molar-refractivity contribution in [3.05, 3.63) is 11.8 Å². The summed E-state index contributed by atoms with van der Waals surface area (Å²) in [6.07, 6.45) is 3.63. The Morgan fingerprint density at radius 2 is 2.23 bits per heavy atom. The summed E-state index contributed by atoms with van der Waals surface area (Å²) >= 11 is 0. The Morgan fingerprint density at radius 3 is 2.85 bits per heavy atom. The molecule has 0 aromatic rings. The molecule has 1 fully saturated rings. The molecule has 0 atom stereocenters. The van der Waals surface area contributed by atoms with Crippen LogP contribution in [-0.2, 0) is 4.74 Å². The van der Waals surface area contributed by atoms with Crippen LogP contribution in [0, 0.1) is 0 Å². The molecule has 0 aliphatic carbocycles. The highest BCUT2D eigenvalue weighted by Crippen LogP contribution is 2.11. The minimum absolute atomic E-state index is 0.138. The zero-order valence-corrected chi connectivity index (χ0v) is 7.93. The molecule has 1 heterocycles. The molecule has 0 radical (unpaired) electrons. The van der Waals surface area contributed by atoms with Crippen LogP contribution in [0.4, 0.5) is 4.79 Å². The van der Waals surface area contributed by atoms with Gasteiger partial charge in [-0.05, 0) is 25.3 Å². The molecule has 2 amide bonds. The number of ether oxygens (including phenoxy) is 1. The van der Waals surface area contributed by atoms with Crippen LogP contribution in [0.3, 0.4) is 0 Å². The maximum Gasteiger partial charge on any atom is 0.318 e. The quantitative estimate of drug-likeness (QED) is 0.672. The van der Waals surface area contributed by atoms with Gasteiger partial charge in [0.25, 0.3) is 0 Å². The smallest absolute Gasteiger partial charge is 0.318 e. The van der Waals surface area contributed by atoms with Gasteiger partial charge in [0.2, 0.25) is 0 Å². The van der Waals surface area contributed by atoms with Crippen LogP contribution < -0.4 is 10.6 Å². The first-order valence-corrected chi connectivity index (χ1v) is 4.63. The van der Waals surface area contributed by atoms with E-state index in [-0.39, 0.29) is 6.03 Å². The van der Waals surface area contributed by atoms with E-state index in [9.17, 15) is 4.79 Å². The number of nitrogens with one attached hydrogen (secondary N) is 2. The van der Waals surface area contributed by atoms with E-state index < -0.39 is 0 Å². The van der Waals surface area contributed by atoms with Crippen molar-refractivity contribution in [3.8, 4) is 0 Å². The van der Waals surface area contributed by atoms with Gasteiger partial charge in [0.15, 0.2) is 0 Å². The van der Waals surface area contributed by atoms with Gasteiger partial charge in [0.05, 0.1) is 13.2 Å². The third kappa shape index (κ3) is 3.94. The van der Waals surface area contributed by atoms with Gasteiger partial charge in [-0.2, -0.15) is 0 Å². The van der Waals surface area contributed by atoms with Crippen molar-refractivity contribution in [2.45, 2.75) is 19.8 Å². The fourth-order valence-corrected chi connectivity index (χ4v) is 1.16. The van der Waals surface area contributed by atoms with E-state index in [2.05, 4.69) is 10.6 Å². The normalized spacial score (nSPS) is 16.5. The van der Waals surface area contributed by atoms with E-state index >= 15 is 0 Å². The SMILES string of the molecule is CCNC(=O)NC=C1CCOCC1. The first-order valence-electron chi connectivity index (χ1n) is 4.63. The van der Waals surface area contributed by atoms with Crippen molar-refractivity contribution >= 4 is 6.03 Å². The van der Waals surface area contributed by atoms with E-state index in [1.165, 1.54) is 5.57 Å². The number of urea groups is 1. The number of carbonyl (C=O) groups is 1. The molecule has 0 spiro atoms. The molecule has 1 rings (SSSR count). The van der Waals surface area contributed by atoms with Crippen LogP contribution in [0.15, 0.2) is 11.8 Å². The monoisotopic (exact) mass is 184 g/mol. The zero-order valence-electron chi connectivity index (χ0n) is 7.93. The molecule has 13 heavy (non-hydrogen) atoms. The van der Waals surface area contributed by atoms with Crippen LogP contribution in [-0.4, -0.2) is 25.8 Å². The molecule has 0 bridgehead atoms. The molecule has 0 aromatic carbocycles. The second kappa shape index (κ2) is 5.59. The molecule has 0 unspecified atom stereocenters. The van der Waals surface area contributed by atoms with Gasteiger partial charge in [0, 0.05) is 12.7 Å². The Balaban J connectivity index is 2.25. The average Bonchev–Trinajstić information content (AvgIpc) is 2.17. The van der Waals surface area contributed by atoms with Crippen molar-refractivity contribution in [2.24, 2.45) is 0 Å². The Labute approximate surface area is 78.3 Å². The minimum atomic E-state index is -0.138. The predicted molar refractivity (Wildman–Crippen MR) is 50.3 cm³/mol. The van der Waals surface area contributed by atoms with E-state index in [4.69, 9.17) is 4.74 Å². The van der Waals surface area contributed by atoms with Crippen LogP contribution in [0.1, 0.15) is 19.8 Å². The van der Waals surface area contributed by atoms with Crippen LogP contribution >= 0.6 is 0 Å². The van der Waals surface area contributed by atoms with Gasteiger partial charge < -0.3 is 15.4 Å². The lowest BCUT2D eigenvalue weighted by molar-refractivity contribution is 0.119. The fourth-order valence-electron chi connectivity index (χ4n) is 1.16. The molecule has 4 nitrogen and oxygen atoms in total. The average molecular weight is 184 g/mol. The Morgan fingerprint density at radius 1 is 1.54 bits per heavy atom. The predicted octanol–water partition coefficient (Wildman–Crippen LogP) is 1.000. The zero-order chi connectivity index (χ0) is 9.52. The summed E-state index contributed by atoms with van der Waals surface area (Å²) in [4.78, 5) is 11.0. The van der Waals surface area contributed by atoms with Crippen molar-refractivity contribution in [3.63, 3.8) is 0 Å². The second-order valence-electron chi connectivity index (χ2n) is 2.92. The van der Waals surface area contributed by atoms with Crippen LogP contribution in [0.2, 0.25) is 0 Å². The molecule has 74 valence electrons. The summed E-state index contributed by atoms with van der Waals surface area (Å²) in [5.41, 5.74) is 1.25. The van der Waals surface area contributed by atoms with E-state index in [1.54, 1.807) is 6.20 Å². The highest BCUT2D eigenvalue weighted by atomic mass is 16.5. The number of hydrogen-bond acceptors (Lipinski definition) is 2. The Bertz CT molecular complexity index is 194. The van der Waals surface area contributed by atoms with Crippen molar-refractivity contribution < 1.29 is 9.53 Å².